The van der Waals surface area contributed by atoms with E-state index < -0.39 is 0 Å². The zero-order chi connectivity index (χ0) is 17.5. The molecule has 25 heavy (non-hydrogen) atoms. The van der Waals surface area contributed by atoms with Crippen molar-refractivity contribution in [3.8, 4) is 11.3 Å². The molecule has 7 heteroatoms. The lowest BCUT2D eigenvalue weighted by Gasteiger charge is -2.05. The van der Waals surface area contributed by atoms with Crippen LogP contribution in [-0.2, 0) is 22.7 Å². The van der Waals surface area contributed by atoms with Crippen LogP contribution in [0.25, 0.3) is 11.3 Å². The number of nitrogens with one attached hydrogen (secondary N) is 1. The Hall–Kier alpha value is -3.06. The van der Waals surface area contributed by atoms with E-state index in [0.717, 1.165) is 11.1 Å². The van der Waals surface area contributed by atoms with Gasteiger partial charge in [0.2, 0.25) is 5.91 Å². The summed E-state index contributed by atoms with van der Waals surface area (Å²) in [5.74, 6) is -0.0325. The third-order valence-corrected chi connectivity index (χ3v) is 3.38. The molecule has 1 aromatic carbocycles. The van der Waals surface area contributed by atoms with Crippen molar-refractivity contribution in [3.63, 3.8) is 0 Å². The molecule has 0 atom stereocenters. The summed E-state index contributed by atoms with van der Waals surface area (Å²) in [6.07, 6.45) is 3.36. The van der Waals surface area contributed by atoms with E-state index >= 15 is 0 Å². The van der Waals surface area contributed by atoms with Crippen LogP contribution in [0.1, 0.15) is 11.3 Å². The Morgan fingerprint density at radius 1 is 1.24 bits per heavy atom. The van der Waals surface area contributed by atoms with Gasteiger partial charge in [-0.2, -0.15) is 0 Å². The van der Waals surface area contributed by atoms with Crippen LogP contribution in [0.3, 0.4) is 0 Å². The van der Waals surface area contributed by atoms with Gasteiger partial charge in [0.15, 0.2) is 5.76 Å². The lowest BCUT2D eigenvalue weighted by molar-refractivity contribution is -0.126. The van der Waals surface area contributed by atoms with Gasteiger partial charge in [-0.05, 0) is 35.9 Å². The van der Waals surface area contributed by atoms with Gasteiger partial charge >= 0.3 is 0 Å². The van der Waals surface area contributed by atoms with E-state index in [0.29, 0.717) is 18.0 Å². The molecular weight excluding hydrogens is 325 g/mol. The zero-order valence-corrected chi connectivity index (χ0v) is 13.3. The van der Waals surface area contributed by atoms with Gasteiger partial charge in [0.25, 0.3) is 0 Å². The molecule has 0 saturated carbocycles. The highest BCUT2D eigenvalue weighted by atomic mass is 19.1. The molecule has 0 bridgehead atoms. The predicted molar refractivity (Wildman–Crippen MR) is 87.6 cm³/mol. The number of hydrogen-bond donors (Lipinski definition) is 1. The maximum Gasteiger partial charge on any atom is 0.246 e. The molecule has 3 rings (SSSR count). The first-order valence-electron chi connectivity index (χ1n) is 7.65. The smallest absolute Gasteiger partial charge is 0.246 e. The monoisotopic (exact) mass is 341 g/mol. The van der Waals surface area contributed by atoms with Gasteiger partial charge in [-0.15, -0.1) is 0 Å². The highest BCUT2D eigenvalue weighted by Crippen LogP contribution is 2.20. The summed E-state index contributed by atoms with van der Waals surface area (Å²) >= 11 is 0. The largest absolute Gasteiger partial charge is 0.365 e. The van der Waals surface area contributed by atoms with Crippen molar-refractivity contribution in [2.45, 2.75) is 13.2 Å². The molecule has 3 aromatic rings. The number of amides is 1. The number of carbonyl (C=O) groups excluding carboxylic acids is 1. The summed E-state index contributed by atoms with van der Waals surface area (Å²) in [7, 11) is 0. The summed E-state index contributed by atoms with van der Waals surface area (Å²) in [4.78, 5) is 15.7. The molecule has 0 aliphatic heterocycles. The van der Waals surface area contributed by atoms with Gasteiger partial charge in [-0.3, -0.25) is 9.78 Å². The SMILES string of the molecule is O=C(COCc1cc(-c2ccc(F)cc2)on1)NCc1cccnc1. The van der Waals surface area contributed by atoms with Crippen molar-refractivity contribution >= 4 is 5.91 Å². The van der Waals surface area contributed by atoms with E-state index in [9.17, 15) is 9.18 Å². The normalized spacial score (nSPS) is 10.6. The van der Waals surface area contributed by atoms with E-state index in [2.05, 4.69) is 15.5 Å². The number of hydrogen-bond acceptors (Lipinski definition) is 5. The average molecular weight is 341 g/mol. The van der Waals surface area contributed by atoms with E-state index in [-0.39, 0.29) is 24.9 Å². The number of benzene rings is 1. The van der Waals surface area contributed by atoms with E-state index in [1.165, 1.54) is 12.1 Å². The summed E-state index contributed by atoms with van der Waals surface area (Å²) in [6, 6.07) is 11.3. The third-order valence-electron chi connectivity index (χ3n) is 3.38. The second-order valence-corrected chi connectivity index (χ2v) is 5.32. The van der Waals surface area contributed by atoms with Gasteiger partial charge < -0.3 is 14.6 Å². The molecule has 0 saturated heterocycles. The molecule has 0 unspecified atom stereocenters. The fourth-order valence-electron chi connectivity index (χ4n) is 2.13. The number of aromatic nitrogens is 2. The maximum atomic E-state index is 12.9. The third kappa shape index (κ3) is 4.95. The molecule has 0 aliphatic carbocycles. The van der Waals surface area contributed by atoms with Crippen LogP contribution in [-0.4, -0.2) is 22.7 Å². The summed E-state index contributed by atoms with van der Waals surface area (Å²) < 4.78 is 23.4. The highest BCUT2D eigenvalue weighted by molar-refractivity contribution is 5.77. The molecule has 0 aliphatic rings. The first-order chi connectivity index (χ1) is 12.2. The van der Waals surface area contributed by atoms with Gasteiger partial charge in [-0.1, -0.05) is 11.2 Å². The highest BCUT2D eigenvalue weighted by Gasteiger charge is 2.08. The van der Waals surface area contributed by atoms with E-state index in [1.54, 1.807) is 36.7 Å². The van der Waals surface area contributed by atoms with Gasteiger partial charge in [0, 0.05) is 30.6 Å². The quantitative estimate of drug-likeness (QED) is 0.715. The number of nitrogens with zero attached hydrogens (tertiary/aromatic N) is 2. The summed E-state index contributed by atoms with van der Waals surface area (Å²) in [5, 5.41) is 6.61. The molecule has 0 fully saturated rings. The van der Waals surface area contributed by atoms with Crippen molar-refractivity contribution in [2.24, 2.45) is 0 Å². The van der Waals surface area contributed by atoms with Crippen LogP contribution in [0, 0.1) is 5.82 Å². The number of ether oxygens (including phenoxy) is 1. The van der Waals surface area contributed by atoms with Crippen LogP contribution < -0.4 is 5.32 Å². The Morgan fingerprint density at radius 3 is 2.84 bits per heavy atom. The molecule has 1 N–H and O–H groups in total. The Morgan fingerprint density at radius 2 is 2.08 bits per heavy atom. The molecule has 128 valence electrons. The average Bonchev–Trinajstić information content (AvgIpc) is 3.10. The number of pyridine rings is 1. The molecular formula is C18H16FN3O3. The molecule has 1 amide bonds. The van der Waals surface area contributed by atoms with Crippen molar-refractivity contribution in [2.75, 3.05) is 6.61 Å². The number of carbonyl (C=O) groups is 1. The first kappa shape index (κ1) is 16.8. The minimum absolute atomic E-state index is 0.0843. The Kier molecular flexibility index (Phi) is 5.48. The van der Waals surface area contributed by atoms with Crippen LogP contribution in [0.4, 0.5) is 4.39 Å². The Bertz CT molecular complexity index is 819. The fourth-order valence-corrected chi connectivity index (χ4v) is 2.13. The Balaban J connectivity index is 1.43. The number of halogens is 1. The molecule has 2 heterocycles. The minimum atomic E-state index is -0.316. The topological polar surface area (TPSA) is 77.2 Å². The van der Waals surface area contributed by atoms with Gasteiger partial charge in [0.1, 0.15) is 18.1 Å². The van der Waals surface area contributed by atoms with E-state index in [4.69, 9.17) is 9.26 Å². The van der Waals surface area contributed by atoms with Crippen LogP contribution in [0.5, 0.6) is 0 Å². The molecule has 0 radical (unpaired) electrons. The van der Waals surface area contributed by atoms with Crippen molar-refractivity contribution < 1.29 is 18.4 Å². The molecule has 0 spiro atoms. The maximum absolute atomic E-state index is 12.9. The summed E-state index contributed by atoms with van der Waals surface area (Å²) in [5.41, 5.74) is 2.19. The van der Waals surface area contributed by atoms with E-state index in [1.807, 2.05) is 6.07 Å². The predicted octanol–water partition coefficient (Wildman–Crippen LogP) is 2.71. The van der Waals surface area contributed by atoms with Crippen LogP contribution in [0.15, 0.2) is 59.4 Å². The Labute approximate surface area is 143 Å². The van der Waals surface area contributed by atoms with Crippen LogP contribution in [0.2, 0.25) is 0 Å². The van der Waals surface area contributed by atoms with Crippen molar-refractivity contribution in [3.05, 3.63) is 71.9 Å². The lowest BCUT2D eigenvalue weighted by Crippen LogP contribution is -2.27. The number of rotatable bonds is 7. The molecule has 2 aromatic heterocycles. The molecule has 6 nitrogen and oxygen atoms in total. The van der Waals surface area contributed by atoms with Gasteiger partial charge in [-0.25, -0.2) is 4.39 Å². The second kappa shape index (κ2) is 8.16. The fraction of sp³-hybridized carbons (Fsp3) is 0.167. The van der Waals surface area contributed by atoms with Gasteiger partial charge in [0.05, 0.1) is 6.61 Å². The zero-order valence-electron chi connectivity index (χ0n) is 13.3. The standard InChI is InChI=1S/C18H16FN3O3/c19-15-5-3-14(4-6-15)17-8-16(22-25-17)11-24-12-18(23)21-10-13-2-1-7-20-9-13/h1-9H,10-12H2,(H,21,23). The van der Waals surface area contributed by atoms with Crippen LogP contribution >= 0.6 is 0 Å². The lowest BCUT2D eigenvalue weighted by atomic mass is 10.1. The van der Waals surface area contributed by atoms with Crippen molar-refractivity contribution in [1.82, 2.24) is 15.5 Å². The van der Waals surface area contributed by atoms with Crippen molar-refractivity contribution in [1.29, 1.82) is 0 Å². The minimum Gasteiger partial charge on any atom is -0.365 e. The second-order valence-electron chi connectivity index (χ2n) is 5.32. The first-order valence-corrected chi connectivity index (χ1v) is 7.65. The summed E-state index contributed by atoms with van der Waals surface area (Å²) in [6.45, 7) is 0.457.